The topological polar surface area (TPSA) is 30.3 Å². The average molecular weight is 706 g/mol. The van der Waals surface area contributed by atoms with Crippen molar-refractivity contribution in [1.29, 1.82) is 5.26 Å². The summed E-state index contributed by atoms with van der Waals surface area (Å²) in [5, 5.41) is 20.4. The summed E-state index contributed by atoms with van der Waals surface area (Å²) in [5.74, 6) is 0. The van der Waals surface area contributed by atoms with E-state index in [9.17, 15) is 5.26 Å². The number of nitrogens with zero attached hydrogens (tertiary/aromatic N) is 3. The summed E-state index contributed by atoms with van der Waals surface area (Å²) in [4.78, 5) is 4.72. The van der Waals surface area contributed by atoms with Gasteiger partial charge in [0.05, 0.1) is 38.8 Å². The van der Waals surface area contributed by atoms with Gasteiger partial charge in [-0.2, -0.15) is 5.26 Å². The van der Waals surface area contributed by atoms with Crippen LogP contribution < -0.4 is 20.2 Å². The highest BCUT2D eigenvalue weighted by atomic mass is 28.3. The monoisotopic (exact) mass is 705 g/mol. The van der Waals surface area contributed by atoms with Crippen LogP contribution in [0, 0.1) is 11.3 Å². The smallest absolute Gasteiger partial charge is 0.101 e. The molecule has 254 valence electrons. The van der Waals surface area contributed by atoms with Crippen LogP contribution in [0.25, 0.3) is 32.3 Å². The molecule has 0 N–H and O–H groups in total. The molecule has 0 bridgehead atoms. The van der Waals surface area contributed by atoms with Gasteiger partial charge in [-0.05, 0) is 82.2 Å². The molecule has 0 unspecified atom stereocenters. The zero-order valence-corrected chi connectivity index (χ0v) is 32.8. The third kappa shape index (κ3) is 5.84. The van der Waals surface area contributed by atoms with Crippen LogP contribution in [0.4, 0.5) is 34.1 Å². The van der Waals surface area contributed by atoms with Crippen molar-refractivity contribution >= 4 is 93.0 Å². The molecule has 0 saturated carbocycles. The van der Waals surface area contributed by atoms with E-state index in [1.165, 1.54) is 43.0 Å². The van der Waals surface area contributed by atoms with Crippen LogP contribution >= 0.6 is 0 Å². The summed E-state index contributed by atoms with van der Waals surface area (Å²) < 4.78 is 0. The van der Waals surface area contributed by atoms with E-state index < -0.39 is 16.1 Å². The van der Waals surface area contributed by atoms with Crippen LogP contribution in [0.15, 0.2) is 152 Å². The molecule has 8 aromatic rings. The first-order valence-electron chi connectivity index (χ1n) is 18.1. The van der Waals surface area contributed by atoms with Crippen molar-refractivity contribution in [3.05, 3.63) is 157 Å². The molecular weight excluding hydrogens is 663 g/mol. The van der Waals surface area contributed by atoms with Gasteiger partial charge < -0.3 is 9.80 Å². The summed E-state index contributed by atoms with van der Waals surface area (Å²) in [6, 6.07) is 57.5. The lowest BCUT2D eigenvalue weighted by Gasteiger charge is -2.30. The van der Waals surface area contributed by atoms with E-state index in [1.54, 1.807) is 0 Å². The molecule has 0 radical (unpaired) electrons. The molecule has 8 aromatic carbocycles. The first-order valence-corrected chi connectivity index (χ1v) is 25.1. The fourth-order valence-corrected chi connectivity index (χ4v) is 9.91. The summed E-state index contributed by atoms with van der Waals surface area (Å²) in [5.41, 5.74) is 7.11. The van der Waals surface area contributed by atoms with Crippen LogP contribution in [0.3, 0.4) is 0 Å². The molecule has 0 aromatic heterocycles. The van der Waals surface area contributed by atoms with Crippen LogP contribution in [0.5, 0.6) is 0 Å². The van der Waals surface area contributed by atoms with Crippen molar-refractivity contribution in [1.82, 2.24) is 0 Å². The maximum atomic E-state index is 10.3. The van der Waals surface area contributed by atoms with Crippen molar-refractivity contribution in [3.63, 3.8) is 0 Å². The van der Waals surface area contributed by atoms with Gasteiger partial charge in [0.15, 0.2) is 0 Å². The first kappa shape index (κ1) is 33.5. The zero-order chi connectivity index (χ0) is 36.2. The van der Waals surface area contributed by atoms with Gasteiger partial charge in [-0.25, -0.2) is 0 Å². The molecule has 8 rings (SSSR count). The molecule has 3 nitrogen and oxygen atoms in total. The molecule has 0 heterocycles. The maximum Gasteiger partial charge on any atom is 0.101 e. The number of anilines is 6. The van der Waals surface area contributed by atoms with Crippen molar-refractivity contribution in [2.75, 3.05) is 9.80 Å². The second-order valence-corrected chi connectivity index (χ2v) is 26.0. The Labute approximate surface area is 309 Å². The fourth-order valence-electron chi connectivity index (χ4n) is 7.56. The molecule has 52 heavy (non-hydrogen) atoms. The molecule has 0 saturated heterocycles. The zero-order valence-electron chi connectivity index (χ0n) is 30.8. The molecular formula is C47H43N3Si2. The van der Waals surface area contributed by atoms with Gasteiger partial charge >= 0.3 is 0 Å². The van der Waals surface area contributed by atoms with E-state index in [0.717, 1.165) is 33.8 Å². The Hall–Kier alpha value is -5.68. The van der Waals surface area contributed by atoms with Gasteiger partial charge in [-0.3, -0.25) is 0 Å². The number of para-hydroxylation sites is 2. The van der Waals surface area contributed by atoms with Crippen molar-refractivity contribution < 1.29 is 0 Å². The van der Waals surface area contributed by atoms with Gasteiger partial charge in [0.25, 0.3) is 0 Å². The normalized spacial score (nSPS) is 12.0. The van der Waals surface area contributed by atoms with Gasteiger partial charge in [0.1, 0.15) is 6.07 Å². The lowest BCUT2D eigenvalue weighted by Crippen LogP contribution is -2.37. The number of hydrogen-bond donors (Lipinski definition) is 0. The van der Waals surface area contributed by atoms with Gasteiger partial charge in [0.2, 0.25) is 0 Å². The predicted molar refractivity (Wildman–Crippen MR) is 230 cm³/mol. The van der Waals surface area contributed by atoms with Gasteiger partial charge in [0, 0.05) is 27.8 Å². The standard InChI is InChI=1S/C47H43N3Si2/c1-51(2,3)39-19-12-17-37(30-39)49(36-15-8-7-9-16-36)44-28-24-33-23-27-42-45(29-25-34-22-26-41(44)46(33)47(34)42)50(43-21-11-10-14-35(43)32-48)38-18-13-20-40(31-38)52(4,5)6/h7-31H,1-6H3. The van der Waals surface area contributed by atoms with Crippen molar-refractivity contribution in [3.8, 4) is 6.07 Å². The Morgan fingerprint density at radius 1 is 0.423 bits per heavy atom. The summed E-state index contributed by atoms with van der Waals surface area (Å²) >= 11 is 0. The van der Waals surface area contributed by atoms with Crippen molar-refractivity contribution in [2.24, 2.45) is 0 Å². The number of nitriles is 1. The minimum atomic E-state index is -1.62. The number of benzene rings is 8. The van der Waals surface area contributed by atoms with Gasteiger partial charge in [-0.15, -0.1) is 0 Å². The highest BCUT2D eigenvalue weighted by molar-refractivity contribution is 6.89. The van der Waals surface area contributed by atoms with E-state index in [1.807, 2.05) is 18.2 Å². The number of rotatable bonds is 8. The second-order valence-electron chi connectivity index (χ2n) is 15.8. The molecule has 0 aliphatic heterocycles. The SMILES string of the molecule is C[Si](C)(C)c1cccc(N(c2ccccc2)c2ccc3ccc4c(N(c5cccc([Si](C)(C)C)c5)c5ccccc5C#N)ccc5ccc2c3c54)c1. The molecule has 5 heteroatoms. The van der Waals surface area contributed by atoms with Crippen LogP contribution in [0.2, 0.25) is 39.3 Å². The Balaban J connectivity index is 1.41. The van der Waals surface area contributed by atoms with E-state index in [0.29, 0.717) is 5.56 Å². The molecule has 0 spiro atoms. The third-order valence-electron chi connectivity index (χ3n) is 10.3. The molecule has 0 aliphatic carbocycles. The molecule has 0 fully saturated rings. The third-order valence-corrected chi connectivity index (χ3v) is 14.4. The van der Waals surface area contributed by atoms with E-state index in [-0.39, 0.29) is 0 Å². The van der Waals surface area contributed by atoms with E-state index in [2.05, 4.69) is 189 Å². The van der Waals surface area contributed by atoms with Crippen LogP contribution in [-0.4, -0.2) is 16.1 Å². The highest BCUT2D eigenvalue weighted by Gasteiger charge is 2.25. The largest absolute Gasteiger partial charge is 0.310 e. The summed E-state index contributed by atoms with van der Waals surface area (Å²) in [7, 11) is -3.18. The minimum Gasteiger partial charge on any atom is -0.310 e. The molecule has 0 amide bonds. The van der Waals surface area contributed by atoms with Crippen molar-refractivity contribution in [2.45, 2.75) is 39.3 Å². The molecule has 0 atom stereocenters. The van der Waals surface area contributed by atoms with E-state index >= 15 is 0 Å². The lowest BCUT2D eigenvalue weighted by molar-refractivity contribution is 1.28. The summed E-state index contributed by atoms with van der Waals surface area (Å²) in [6.07, 6.45) is 0. The van der Waals surface area contributed by atoms with Crippen LogP contribution in [-0.2, 0) is 0 Å². The first-order chi connectivity index (χ1) is 25.0. The maximum absolute atomic E-state index is 10.3. The Morgan fingerprint density at radius 3 is 1.42 bits per heavy atom. The highest BCUT2D eigenvalue weighted by Crippen LogP contribution is 2.47. The van der Waals surface area contributed by atoms with Crippen LogP contribution in [0.1, 0.15) is 5.56 Å². The quantitative estimate of drug-likeness (QED) is 0.116. The lowest BCUT2D eigenvalue weighted by atomic mass is 9.91. The number of hydrogen-bond acceptors (Lipinski definition) is 3. The van der Waals surface area contributed by atoms with Gasteiger partial charge in [-0.1, -0.05) is 141 Å². The molecule has 0 aliphatic rings. The van der Waals surface area contributed by atoms with E-state index in [4.69, 9.17) is 0 Å². The Kier molecular flexibility index (Phi) is 8.25. The fraction of sp³-hybridized carbons (Fsp3) is 0.128. The predicted octanol–water partition coefficient (Wildman–Crippen LogP) is 12.5. The minimum absolute atomic E-state index is 0.646. The second kappa shape index (κ2) is 12.8. The average Bonchev–Trinajstić information content (AvgIpc) is 3.15. The summed E-state index contributed by atoms with van der Waals surface area (Å²) in [6.45, 7) is 14.4. The Morgan fingerprint density at radius 2 is 0.885 bits per heavy atom. The Bertz CT molecular complexity index is 2630.